The Hall–Kier alpha value is -2.13. The predicted octanol–water partition coefficient (Wildman–Crippen LogP) is -0.419. The topological polar surface area (TPSA) is 117 Å². The van der Waals surface area contributed by atoms with Gasteiger partial charge in [-0.15, -0.1) is 0 Å². The Bertz CT molecular complexity index is 518. The molecule has 9 nitrogen and oxygen atoms in total. The van der Waals surface area contributed by atoms with E-state index in [1.54, 1.807) is 18.0 Å². The molecule has 1 aliphatic rings. The van der Waals surface area contributed by atoms with Gasteiger partial charge in [-0.2, -0.15) is 5.10 Å². The van der Waals surface area contributed by atoms with Crippen LogP contribution in [0, 0.1) is 0 Å². The van der Waals surface area contributed by atoms with E-state index in [1.165, 1.54) is 6.20 Å². The number of rotatable bonds is 5. The second-order valence-corrected chi connectivity index (χ2v) is 4.81. The van der Waals surface area contributed by atoms with E-state index in [-0.39, 0.29) is 13.0 Å². The molecule has 3 N–H and O–H groups in total. The summed E-state index contributed by atoms with van der Waals surface area (Å²) in [6, 6.07) is -1.58. The van der Waals surface area contributed by atoms with Gasteiger partial charge in [0.1, 0.15) is 6.04 Å². The molecule has 2 atom stereocenters. The minimum atomic E-state index is -1.13. The number of carbonyl (C=O) groups is 2. The highest BCUT2D eigenvalue weighted by molar-refractivity contribution is 5.92. The van der Waals surface area contributed by atoms with Gasteiger partial charge in [-0.05, 0) is 0 Å². The van der Waals surface area contributed by atoms with Crippen LogP contribution >= 0.6 is 0 Å². The number of anilines is 1. The Labute approximate surface area is 121 Å². The van der Waals surface area contributed by atoms with Crippen LogP contribution in [-0.2, 0) is 16.1 Å². The zero-order valence-corrected chi connectivity index (χ0v) is 11.6. The first kappa shape index (κ1) is 15.3. The number of aromatic nitrogens is 2. The Morgan fingerprint density at radius 1 is 1.57 bits per heavy atom. The molecular weight excluding hydrogens is 280 g/mol. The van der Waals surface area contributed by atoms with Crippen molar-refractivity contribution >= 4 is 17.7 Å². The van der Waals surface area contributed by atoms with Gasteiger partial charge < -0.3 is 25.2 Å². The summed E-state index contributed by atoms with van der Waals surface area (Å²) in [5, 5.41) is 25.2. The molecule has 0 bridgehead atoms. The van der Waals surface area contributed by atoms with Crippen molar-refractivity contribution in [2.24, 2.45) is 0 Å². The van der Waals surface area contributed by atoms with Gasteiger partial charge >= 0.3 is 12.0 Å². The van der Waals surface area contributed by atoms with E-state index in [2.05, 4.69) is 10.4 Å². The summed E-state index contributed by atoms with van der Waals surface area (Å²) in [7, 11) is 1.58. The summed E-state index contributed by atoms with van der Waals surface area (Å²) < 4.78 is 6.52. The SMILES string of the molecule is COCCn1cc(NC(=O)N2CC(O)C[C@H]2C(=O)O)cn1. The molecule has 0 spiro atoms. The number of ether oxygens (including phenoxy) is 1. The van der Waals surface area contributed by atoms with Crippen LogP contribution in [-0.4, -0.2) is 69.3 Å². The normalized spacial score (nSPS) is 21.5. The summed E-state index contributed by atoms with van der Waals surface area (Å²) in [5.41, 5.74) is 0.460. The lowest BCUT2D eigenvalue weighted by Gasteiger charge is -2.20. The molecule has 21 heavy (non-hydrogen) atoms. The fourth-order valence-electron chi connectivity index (χ4n) is 2.20. The molecule has 0 saturated carbocycles. The molecule has 1 aliphatic heterocycles. The smallest absolute Gasteiger partial charge is 0.326 e. The molecule has 2 rings (SSSR count). The number of β-amino-alcohol motifs (C(OH)–C–C–N with tert-alkyl or cyclic N) is 1. The van der Waals surface area contributed by atoms with Gasteiger partial charge in [-0.25, -0.2) is 9.59 Å². The molecule has 2 amide bonds. The summed E-state index contributed by atoms with van der Waals surface area (Å²) in [4.78, 5) is 24.3. The van der Waals surface area contributed by atoms with Crippen LogP contribution in [0.15, 0.2) is 12.4 Å². The lowest BCUT2D eigenvalue weighted by atomic mass is 10.2. The lowest BCUT2D eigenvalue weighted by molar-refractivity contribution is -0.141. The van der Waals surface area contributed by atoms with E-state index in [9.17, 15) is 14.7 Å². The van der Waals surface area contributed by atoms with Gasteiger partial charge in [-0.3, -0.25) is 4.68 Å². The number of aliphatic hydroxyl groups excluding tert-OH is 1. The molecule has 2 heterocycles. The zero-order chi connectivity index (χ0) is 15.4. The fraction of sp³-hybridized carbons (Fsp3) is 0.583. The van der Waals surface area contributed by atoms with E-state index in [0.717, 1.165) is 4.90 Å². The second-order valence-electron chi connectivity index (χ2n) is 4.81. The first-order valence-electron chi connectivity index (χ1n) is 6.51. The van der Waals surface area contributed by atoms with Crippen molar-refractivity contribution in [1.82, 2.24) is 14.7 Å². The number of nitrogens with zero attached hydrogens (tertiary/aromatic N) is 3. The molecular formula is C12H18N4O5. The molecule has 0 radical (unpaired) electrons. The lowest BCUT2D eigenvalue weighted by Crippen LogP contribution is -2.43. The van der Waals surface area contributed by atoms with Gasteiger partial charge in [0, 0.05) is 26.3 Å². The third-order valence-corrected chi connectivity index (χ3v) is 3.23. The van der Waals surface area contributed by atoms with Gasteiger partial charge in [0.25, 0.3) is 0 Å². The highest BCUT2D eigenvalue weighted by Gasteiger charge is 2.39. The van der Waals surface area contributed by atoms with E-state index in [4.69, 9.17) is 9.84 Å². The van der Waals surface area contributed by atoms with Gasteiger partial charge in [-0.1, -0.05) is 0 Å². The Morgan fingerprint density at radius 2 is 2.33 bits per heavy atom. The van der Waals surface area contributed by atoms with E-state index in [1.807, 2.05) is 0 Å². The number of nitrogens with one attached hydrogen (secondary N) is 1. The monoisotopic (exact) mass is 298 g/mol. The van der Waals surface area contributed by atoms with Crippen molar-refractivity contribution < 1.29 is 24.5 Å². The number of urea groups is 1. The number of aliphatic hydroxyl groups is 1. The van der Waals surface area contributed by atoms with Gasteiger partial charge in [0.2, 0.25) is 0 Å². The molecule has 1 unspecified atom stereocenters. The first-order chi connectivity index (χ1) is 10.0. The molecule has 1 saturated heterocycles. The maximum Gasteiger partial charge on any atom is 0.326 e. The average molecular weight is 298 g/mol. The summed E-state index contributed by atoms with van der Waals surface area (Å²) >= 11 is 0. The Balaban J connectivity index is 1.97. The highest BCUT2D eigenvalue weighted by atomic mass is 16.5. The van der Waals surface area contributed by atoms with E-state index in [0.29, 0.717) is 18.8 Å². The fourth-order valence-corrected chi connectivity index (χ4v) is 2.20. The van der Waals surface area contributed by atoms with Crippen LogP contribution in [0.1, 0.15) is 6.42 Å². The number of hydrogen-bond donors (Lipinski definition) is 3. The van der Waals surface area contributed by atoms with Gasteiger partial charge in [0.15, 0.2) is 0 Å². The second kappa shape index (κ2) is 6.55. The maximum absolute atomic E-state index is 12.1. The number of carboxylic acids is 1. The van der Waals surface area contributed by atoms with E-state index >= 15 is 0 Å². The standard InChI is InChI=1S/C12H18N4O5/c1-21-3-2-15-6-8(5-13-15)14-12(20)16-7-9(17)4-10(16)11(18)19/h5-6,9-10,17H,2-4,7H2,1H3,(H,14,20)(H,18,19)/t9?,10-/m0/s1. The highest BCUT2D eigenvalue weighted by Crippen LogP contribution is 2.19. The van der Waals surface area contributed by atoms with Crippen LogP contribution < -0.4 is 5.32 Å². The van der Waals surface area contributed by atoms with Crippen molar-refractivity contribution in [2.45, 2.75) is 25.1 Å². The number of carboxylic acid groups (broad SMARTS) is 1. The molecule has 1 fully saturated rings. The maximum atomic E-state index is 12.1. The first-order valence-corrected chi connectivity index (χ1v) is 6.51. The largest absolute Gasteiger partial charge is 0.480 e. The Kier molecular flexibility index (Phi) is 4.76. The van der Waals surface area contributed by atoms with Crippen LogP contribution in [0.2, 0.25) is 0 Å². The number of aliphatic carboxylic acids is 1. The number of hydrogen-bond acceptors (Lipinski definition) is 5. The van der Waals surface area contributed by atoms with Crippen LogP contribution in [0.4, 0.5) is 10.5 Å². The van der Waals surface area contributed by atoms with E-state index < -0.39 is 24.1 Å². The van der Waals surface area contributed by atoms with Crippen LogP contribution in [0.5, 0.6) is 0 Å². The molecule has 116 valence electrons. The van der Waals surface area contributed by atoms with Crippen molar-refractivity contribution in [2.75, 3.05) is 25.6 Å². The van der Waals surface area contributed by atoms with Gasteiger partial charge in [0.05, 0.1) is 31.1 Å². The van der Waals surface area contributed by atoms with Crippen molar-refractivity contribution in [3.8, 4) is 0 Å². The van der Waals surface area contributed by atoms with Crippen molar-refractivity contribution in [3.63, 3.8) is 0 Å². The zero-order valence-electron chi connectivity index (χ0n) is 11.6. The minimum absolute atomic E-state index is 0.000607. The predicted molar refractivity (Wildman–Crippen MR) is 71.9 cm³/mol. The minimum Gasteiger partial charge on any atom is -0.480 e. The third kappa shape index (κ3) is 3.70. The number of carbonyl (C=O) groups excluding carboxylic acids is 1. The van der Waals surface area contributed by atoms with Crippen LogP contribution in [0.3, 0.4) is 0 Å². The average Bonchev–Trinajstić information content (AvgIpc) is 3.03. The third-order valence-electron chi connectivity index (χ3n) is 3.23. The summed E-state index contributed by atoms with van der Waals surface area (Å²) in [5.74, 6) is -1.13. The van der Waals surface area contributed by atoms with Crippen molar-refractivity contribution in [1.29, 1.82) is 0 Å². The molecule has 1 aromatic heterocycles. The van der Waals surface area contributed by atoms with Crippen LogP contribution in [0.25, 0.3) is 0 Å². The number of methoxy groups -OCH3 is 1. The summed E-state index contributed by atoms with van der Waals surface area (Å²) in [6.07, 6.45) is 2.31. The quantitative estimate of drug-likeness (QED) is 0.680. The molecule has 9 heteroatoms. The molecule has 0 aliphatic carbocycles. The molecule has 1 aromatic rings. The van der Waals surface area contributed by atoms with Crippen molar-refractivity contribution in [3.05, 3.63) is 12.4 Å². The summed E-state index contributed by atoms with van der Waals surface area (Å²) in [6.45, 7) is 1.04. The Morgan fingerprint density at radius 3 is 3.00 bits per heavy atom. The number of amides is 2. The molecule has 0 aromatic carbocycles. The number of likely N-dealkylation sites (tertiary alicyclic amines) is 1.